The van der Waals surface area contributed by atoms with Crippen LogP contribution in [0.2, 0.25) is 0 Å². The van der Waals surface area contributed by atoms with Gasteiger partial charge in [-0.05, 0) is 88.2 Å². The normalized spacial score (nSPS) is 21.2. The Kier molecular flexibility index (Phi) is 3.07. The lowest BCUT2D eigenvalue weighted by Gasteiger charge is -2.42. The highest BCUT2D eigenvalue weighted by atomic mass is 16.3. The van der Waals surface area contributed by atoms with E-state index in [2.05, 4.69) is 82.3 Å². The Balaban J connectivity index is 1.74. The molecule has 0 bridgehead atoms. The second-order valence-corrected chi connectivity index (χ2v) is 10.5. The van der Waals surface area contributed by atoms with Crippen molar-refractivity contribution in [1.82, 2.24) is 0 Å². The molecule has 4 aromatic rings. The van der Waals surface area contributed by atoms with Crippen molar-refractivity contribution in [1.29, 1.82) is 0 Å². The summed E-state index contributed by atoms with van der Waals surface area (Å²) < 4.78 is 0. The van der Waals surface area contributed by atoms with E-state index in [0.717, 1.165) is 11.8 Å². The molecule has 0 saturated carbocycles. The van der Waals surface area contributed by atoms with Crippen LogP contribution < -0.4 is 0 Å². The number of aromatic hydroxyl groups is 1. The van der Waals surface area contributed by atoms with Crippen molar-refractivity contribution in [2.24, 2.45) is 0 Å². The van der Waals surface area contributed by atoms with Gasteiger partial charge in [-0.3, -0.25) is 0 Å². The molecule has 0 radical (unpaired) electrons. The average molecular weight is 403 g/mol. The van der Waals surface area contributed by atoms with E-state index in [4.69, 9.17) is 0 Å². The maximum atomic E-state index is 11.2. The lowest BCUT2D eigenvalue weighted by Crippen LogP contribution is -2.28. The van der Waals surface area contributed by atoms with Gasteiger partial charge in [-0.1, -0.05) is 67.4 Å². The molecular formula is C30H26O. The number of aryl methyl sites for hydroxylation is 2. The van der Waals surface area contributed by atoms with Crippen LogP contribution in [-0.2, 0) is 11.8 Å². The van der Waals surface area contributed by atoms with Gasteiger partial charge in [0.2, 0.25) is 0 Å². The molecule has 0 aromatic heterocycles. The van der Waals surface area contributed by atoms with Crippen LogP contribution >= 0.6 is 0 Å². The number of fused-ring (bicyclic) bond motifs is 5. The molecule has 1 heteroatoms. The van der Waals surface area contributed by atoms with Crippen molar-refractivity contribution in [3.63, 3.8) is 0 Å². The summed E-state index contributed by atoms with van der Waals surface area (Å²) in [7, 11) is 0. The van der Waals surface area contributed by atoms with E-state index in [1.165, 1.54) is 61.0 Å². The summed E-state index contributed by atoms with van der Waals surface area (Å²) >= 11 is 0. The van der Waals surface area contributed by atoms with E-state index in [1.54, 1.807) is 0 Å². The summed E-state index contributed by atoms with van der Waals surface area (Å²) in [5.74, 6) is 1.19. The first kappa shape index (κ1) is 17.6. The average Bonchev–Trinajstić information content (AvgIpc) is 3.12. The van der Waals surface area contributed by atoms with Gasteiger partial charge >= 0.3 is 0 Å². The van der Waals surface area contributed by atoms with Crippen molar-refractivity contribution < 1.29 is 5.11 Å². The number of hydrogen-bond donors (Lipinski definition) is 1. The van der Waals surface area contributed by atoms with E-state index in [9.17, 15) is 5.11 Å². The zero-order chi connectivity index (χ0) is 21.2. The molecule has 0 heterocycles. The van der Waals surface area contributed by atoms with Crippen LogP contribution in [0.15, 0.2) is 54.6 Å². The van der Waals surface area contributed by atoms with E-state index in [1.807, 2.05) is 0 Å². The number of phenolic OH excluding ortho intramolecular Hbond substituents is 1. The monoisotopic (exact) mass is 402 g/mol. The van der Waals surface area contributed by atoms with Gasteiger partial charge in [-0.15, -0.1) is 0 Å². The van der Waals surface area contributed by atoms with E-state index < -0.39 is 0 Å². The van der Waals surface area contributed by atoms with Gasteiger partial charge in [-0.25, -0.2) is 0 Å². The third kappa shape index (κ3) is 1.98. The molecule has 0 saturated heterocycles. The third-order valence-electron chi connectivity index (χ3n) is 8.27. The minimum absolute atomic E-state index is 0.100. The predicted octanol–water partition coefficient (Wildman–Crippen LogP) is 7.25. The Morgan fingerprint density at radius 3 is 2.39 bits per heavy atom. The first-order valence-electron chi connectivity index (χ1n) is 11.4. The molecule has 31 heavy (non-hydrogen) atoms. The summed E-state index contributed by atoms with van der Waals surface area (Å²) in [4.78, 5) is 0. The summed E-state index contributed by atoms with van der Waals surface area (Å²) in [5, 5.41) is 13.5. The van der Waals surface area contributed by atoms with Gasteiger partial charge in [0, 0.05) is 16.7 Å². The van der Waals surface area contributed by atoms with E-state index in [0.29, 0.717) is 17.6 Å². The fourth-order valence-electron chi connectivity index (χ4n) is 7.00. The standard InChI is InChI=1S/C30H26O/c1-15-9-19-20-13-17-7-5-6-8-18(17)26(20)22-14-25(31)21-10-16(2)12-24-28(21)29(22)27(19)23(11-15)30(24,3)4/h5-12,14,20,26,31H,13H2,1-4H3. The second-order valence-electron chi connectivity index (χ2n) is 10.5. The Labute approximate surface area is 183 Å². The topological polar surface area (TPSA) is 20.2 Å². The van der Waals surface area contributed by atoms with Crippen LogP contribution in [0.1, 0.15) is 70.2 Å². The minimum Gasteiger partial charge on any atom is -0.507 e. The highest BCUT2D eigenvalue weighted by molar-refractivity contribution is 6.09. The molecule has 152 valence electrons. The molecule has 2 atom stereocenters. The first-order chi connectivity index (χ1) is 14.9. The van der Waals surface area contributed by atoms with Crippen LogP contribution in [-0.4, -0.2) is 5.11 Å². The Morgan fingerprint density at radius 1 is 0.806 bits per heavy atom. The Hall–Kier alpha value is -3.06. The third-order valence-corrected chi connectivity index (χ3v) is 8.27. The van der Waals surface area contributed by atoms with Gasteiger partial charge in [0.25, 0.3) is 0 Å². The number of phenols is 1. The molecule has 0 fully saturated rings. The number of rotatable bonds is 0. The lowest BCUT2D eigenvalue weighted by atomic mass is 9.60. The van der Waals surface area contributed by atoms with Crippen molar-refractivity contribution in [3.8, 4) is 16.9 Å². The van der Waals surface area contributed by atoms with Crippen LogP contribution in [0.3, 0.4) is 0 Å². The zero-order valence-electron chi connectivity index (χ0n) is 18.5. The summed E-state index contributed by atoms with van der Waals surface area (Å²) in [6.45, 7) is 9.11. The molecule has 2 unspecified atom stereocenters. The maximum absolute atomic E-state index is 11.2. The molecule has 0 spiro atoms. The molecule has 1 N–H and O–H groups in total. The molecule has 7 rings (SSSR count). The number of hydrogen-bond acceptors (Lipinski definition) is 1. The number of benzene rings is 4. The van der Waals surface area contributed by atoms with Crippen LogP contribution in [0.25, 0.3) is 21.9 Å². The minimum atomic E-state index is -0.100. The maximum Gasteiger partial charge on any atom is 0.123 e. The van der Waals surface area contributed by atoms with Crippen molar-refractivity contribution in [2.75, 3.05) is 0 Å². The van der Waals surface area contributed by atoms with Crippen molar-refractivity contribution in [2.45, 2.75) is 51.4 Å². The molecular weight excluding hydrogens is 376 g/mol. The highest BCUT2D eigenvalue weighted by Gasteiger charge is 2.46. The van der Waals surface area contributed by atoms with Gasteiger partial charge in [-0.2, -0.15) is 0 Å². The smallest absolute Gasteiger partial charge is 0.123 e. The lowest BCUT2D eigenvalue weighted by molar-refractivity contribution is 0.479. The first-order valence-corrected chi connectivity index (χ1v) is 11.4. The molecule has 0 amide bonds. The Bertz CT molecular complexity index is 1470. The largest absolute Gasteiger partial charge is 0.507 e. The highest BCUT2D eigenvalue weighted by Crippen LogP contribution is 2.62. The van der Waals surface area contributed by atoms with E-state index >= 15 is 0 Å². The summed E-state index contributed by atoms with van der Waals surface area (Å²) in [6.07, 6.45) is 1.08. The van der Waals surface area contributed by atoms with Crippen LogP contribution in [0, 0.1) is 13.8 Å². The van der Waals surface area contributed by atoms with Gasteiger partial charge in [0.1, 0.15) is 5.75 Å². The fourth-order valence-corrected chi connectivity index (χ4v) is 7.00. The molecule has 3 aliphatic rings. The van der Waals surface area contributed by atoms with Gasteiger partial charge in [0.15, 0.2) is 0 Å². The van der Waals surface area contributed by atoms with E-state index in [-0.39, 0.29) is 5.41 Å². The van der Waals surface area contributed by atoms with Gasteiger partial charge < -0.3 is 5.11 Å². The molecule has 0 aliphatic heterocycles. The predicted molar refractivity (Wildman–Crippen MR) is 127 cm³/mol. The molecule has 4 aromatic carbocycles. The van der Waals surface area contributed by atoms with Gasteiger partial charge in [0.05, 0.1) is 0 Å². The molecule has 1 nitrogen and oxygen atoms in total. The second kappa shape index (κ2) is 5.40. The van der Waals surface area contributed by atoms with Crippen molar-refractivity contribution in [3.05, 3.63) is 99.1 Å². The summed E-state index contributed by atoms with van der Waals surface area (Å²) in [5.41, 5.74) is 13.8. The Morgan fingerprint density at radius 2 is 1.55 bits per heavy atom. The fraction of sp³-hybridized carbons (Fsp3) is 0.267. The quantitative estimate of drug-likeness (QED) is 0.328. The van der Waals surface area contributed by atoms with Crippen LogP contribution in [0.5, 0.6) is 5.75 Å². The zero-order valence-corrected chi connectivity index (χ0v) is 18.5. The van der Waals surface area contributed by atoms with Crippen molar-refractivity contribution >= 4 is 10.8 Å². The van der Waals surface area contributed by atoms with Crippen LogP contribution in [0.4, 0.5) is 0 Å². The SMILES string of the molecule is Cc1cc2c3c(c1)C(C)(C)c1cc(C)cc4c(O)cc(c-3c14)C1c3ccccc3CC21. The summed E-state index contributed by atoms with van der Waals surface area (Å²) in [6, 6.07) is 20.4. The molecule has 3 aliphatic carbocycles.